The molecule has 0 fully saturated rings. The highest BCUT2D eigenvalue weighted by molar-refractivity contribution is 5.93. The number of aliphatic hydroxyl groups is 1. The number of fused-ring (bicyclic) bond motifs is 1. The van der Waals surface area contributed by atoms with Crippen molar-refractivity contribution >= 4 is 16.7 Å². The molecule has 0 aliphatic carbocycles. The number of ether oxygens (including phenoxy) is 3. The number of esters is 1. The Morgan fingerprint density at radius 1 is 1.12 bits per heavy atom. The van der Waals surface area contributed by atoms with E-state index in [0.29, 0.717) is 12.4 Å². The summed E-state index contributed by atoms with van der Waals surface area (Å²) in [5.41, 5.74) is 0.278. The van der Waals surface area contributed by atoms with Gasteiger partial charge in [0.2, 0.25) is 0 Å². The van der Waals surface area contributed by atoms with E-state index in [0.717, 1.165) is 16.5 Å². The highest BCUT2D eigenvalue weighted by Gasteiger charge is 2.16. The van der Waals surface area contributed by atoms with Gasteiger partial charge in [-0.25, -0.2) is 4.79 Å². The van der Waals surface area contributed by atoms with Gasteiger partial charge < -0.3 is 19.3 Å². The standard InChI is InChI=1S/C19H22O5/c1-4-22-17-9-10-18(16-8-6-5-7-15(16)17)23-12-14(11-20)24-19(21)13(2)3/h5-10,14,20H,2,4,11-12H2,1,3H3. The molecule has 0 bridgehead atoms. The first kappa shape index (κ1) is 17.8. The summed E-state index contributed by atoms with van der Waals surface area (Å²) in [6.07, 6.45) is -0.750. The molecule has 1 atom stereocenters. The minimum Gasteiger partial charge on any atom is -0.493 e. The quantitative estimate of drug-likeness (QED) is 0.595. The summed E-state index contributed by atoms with van der Waals surface area (Å²) in [5.74, 6) is 0.876. The van der Waals surface area contributed by atoms with Gasteiger partial charge in [-0.3, -0.25) is 0 Å². The van der Waals surface area contributed by atoms with Gasteiger partial charge in [0, 0.05) is 16.3 Å². The van der Waals surface area contributed by atoms with Crippen molar-refractivity contribution in [2.75, 3.05) is 19.8 Å². The minimum absolute atomic E-state index is 0.0491. The smallest absolute Gasteiger partial charge is 0.333 e. The van der Waals surface area contributed by atoms with Gasteiger partial charge in [-0.05, 0) is 26.0 Å². The molecule has 0 aromatic heterocycles. The largest absolute Gasteiger partial charge is 0.493 e. The average Bonchev–Trinajstić information content (AvgIpc) is 2.59. The van der Waals surface area contributed by atoms with Crippen molar-refractivity contribution in [3.63, 3.8) is 0 Å². The molecule has 0 saturated carbocycles. The Balaban J connectivity index is 2.16. The predicted octanol–water partition coefficient (Wildman–Crippen LogP) is 3.10. The van der Waals surface area contributed by atoms with Crippen molar-refractivity contribution in [1.82, 2.24) is 0 Å². The SMILES string of the molecule is C=C(C)C(=O)OC(CO)COc1ccc(OCC)c2ccccc12. The maximum absolute atomic E-state index is 11.5. The van der Waals surface area contributed by atoms with E-state index in [1.54, 1.807) is 6.92 Å². The van der Waals surface area contributed by atoms with Crippen LogP contribution in [0.4, 0.5) is 0 Å². The van der Waals surface area contributed by atoms with Gasteiger partial charge >= 0.3 is 5.97 Å². The Bertz CT molecular complexity index is 723. The van der Waals surface area contributed by atoms with E-state index in [2.05, 4.69) is 6.58 Å². The zero-order chi connectivity index (χ0) is 17.5. The molecule has 2 rings (SSSR count). The van der Waals surface area contributed by atoms with Crippen LogP contribution in [0.3, 0.4) is 0 Å². The molecular weight excluding hydrogens is 308 g/mol. The van der Waals surface area contributed by atoms with Gasteiger partial charge in [0.1, 0.15) is 18.1 Å². The summed E-state index contributed by atoms with van der Waals surface area (Å²) < 4.78 is 16.5. The molecule has 0 heterocycles. The van der Waals surface area contributed by atoms with Crippen molar-refractivity contribution in [3.8, 4) is 11.5 Å². The molecule has 1 unspecified atom stereocenters. The van der Waals surface area contributed by atoms with Gasteiger partial charge in [0.15, 0.2) is 6.10 Å². The molecule has 5 heteroatoms. The van der Waals surface area contributed by atoms with Crippen LogP contribution in [0.15, 0.2) is 48.6 Å². The second kappa shape index (κ2) is 8.36. The summed E-state index contributed by atoms with van der Waals surface area (Å²) in [4.78, 5) is 11.5. The zero-order valence-electron chi connectivity index (χ0n) is 14.0. The molecule has 1 N–H and O–H groups in total. The molecule has 2 aromatic rings. The minimum atomic E-state index is -0.750. The van der Waals surface area contributed by atoms with E-state index >= 15 is 0 Å². The molecule has 128 valence electrons. The van der Waals surface area contributed by atoms with Crippen molar-refractivity contribution in [1.29, 1.82) is 0 Å². The number of carbonyl (C=O) groups is 1. The van der Waals surface area contributed by atoms with Crippen LogP contribution in [0.5, 0.6) is 11.5 Å². The molecule has 2 aromatic carbocycles. The number of aliphatic hydroxyl groups excluding tert-OH is 1. The number of hydrogen-bond donors (Lipinski definition) is 1. The topological polar surface area (TPSA) is 65.0 Å². The lowest BCUT2D eigenvalue weighted by Crippen LogP contribution is -2.28. The van der Waals surface area contributed by atoms with E-state index in [4.69, 9.17) is 14.2 Å². The summed E-state index contributed by atoms with van der Waals surface area (Å²) in [6, 6.07) is 11.4. The molecule has 0 aliphatic rings. The Morgan fingerprint density at radius 2 is 1.71 bits per heavy atom. The lowest BCUT2D eigenvalue weighted by Gasteiger charge is -2.18. The third-order valence-electron chi connectivity index (χ3n) is 3.39. The molecular formula is C19H22O5. The van der Waals surface area contributed by atoms with Gasteiger partial charge in [-0.2, -0.15) is 0 Å². The zero-order valence-corrected chi connectivity index (χ0v) is 14.0. The van der Waals surface area contributed by atoms with E-state index in [-0.39, 0.29) is 18.8 Å². The van der Waals surface area contributed by atoms with E-state index in [9.17, 15) is 9.90 Å². The molecule has 0 aliphatic heterocycles. The Kier molecular flexibility index (Phi) is 6.21. The van der Waals surface area contributed by atoms with E-state index < -0.39 is 12.1 Å². The first-order valence-electron chi connectivity index (χ1n) is 7.81. The number of benzene rings is 2. The summed E-state index contributed by atoms with van der Waals surface area (Å²) >= 11 is 0. The van der Waals surface area contributed by atoms with Crippen molar-refractivity contribution in [2.24, 2.45) is 0 Å². The average molecular weight is 330 g/mol. The van der Waals surface area contributed by atoms with Gasteiger partial charge in [0.25, 0.3) is 0 Å². The second-order valence-corrected chi connectivity index (χ2v) is 5.34. The number of rotatable bonds is 8. The second-order valence-electron chi connectivity index (χ2n) is 5.34. The van der Waals surface area contributed by atoms with Gasteiger partial charge in [0.05, 0.1) is 13.2 Å². The molecule has 24 heavy (non-hydrogen) atoms. The molecule has 0 saturated heterocycles. The summed E-state index contributed by atoms with van der Waals surface area (Å²) in [7, 11) is 0. The normalized spacial score (nSPS) is 11.8. The fourth-order valence-electron chi connectivity index (χ4n) is 2.21. The monoisotopic (exact) mass is 330 g/mol. The van der Waals surface area contributed by atoms with E-state index in [1.165, 1.54) is 0 Å². The van der Waals surface area contributed by atoms with Crippen LogP contribution in [0.25, 0.3) is 10.8 Å². The fourth-order valence-corrected chi connectivity index (χ4v) is 2.21. The van der Waals surface area contributed by atoms with Crippen LogP contribution >= 0.6 is 0 Å². The van der Waals surface area contributed by atoms with Gasteiger partial charge in [-0.1, -0.05) is 30.8 Å². The van der Waals surface area contributed by atoms with Crippen LogP contribution in [-0.2, 0) is 9.53 Å². The highest BCUT2D eigenvalue weighted by Crippen LogP contribution is 2.33. The highest BCUT2D eigenvalue weighted by atomic mass is 16.6. The van der Waals surface area contributed by atoms with Crippen LogP contribution in [0.2, 0.25) is 0 Å². The van der Waals surface area contributed by atoms with E-state index in [1.807, 2.05) is 43.3 Å². The molecule has 5 nitrogen and oxygen atoms in total. The van der Waals surface area contributed by atoms with Gasteiger partial charge in [-0.15, -0.1) is 0 Å². The van der Waals surface area contributed by atoms with Crippen molar-refractivity contribution < 1.29 is 24.1 Å². The first-order valence-corrected chi connectivity index (χ1v) is 7.81. The Hall–Kier alpha value is -2.53. The van der Waals surface area contributed by atoms with Crippen LogP contribution in [-0.4, -0.2) is 37.0 Å². The summed E-state index contributed by atoms with van der Waals surface area (Å²) in [5, 5.41) is 11.2. The fraction of sp³-hybridized carbons (Fsp3) is 0.316. The lowest BCUT2D eigenvalue weighted by atomic mass is 10.1. The van der Waals surface area contributed by atoms with Crippen LogP contribution in [0.1, 0.15) is 13.8 Å². The Labute approximate surface area is 141 Å². The molecule has 0 amide bonds. The number of carbonyl (C=O) groups excluding carboxylic acids is 1. The molecule has 0 spiro atoms. The van der Waals surface area contributed by atoms with Crippen molar-refractivity contribution in [3.05, 3.63) is 48.6 Å². The lowest BCUT2D eigenvalue weighted by molar-refractivity contribution is -0.147. The number of hydrogen-bond acceptors (Lipinski definition) is 5. The van der Waals surface area contributed by atoms with Crippen molar-refractivity contribution in [2.45, 2.75) is 20.0 Å². The molecule has 0 radical (unpaired) electrons. The Morgan fingerprint density at radius 3 is 2.21 bits per heavy atom. The van der Waals surface area contributed by atoms with Crippen LogP contribution < -0.4 is 9.47 Å². The first-order chi connectivity index (χ1) is 11.6. The summed E-state index contributed by atoms with van der Waals surface area (Å²) in [6.45, 7) is 7.30. The predicted molar refractivity (Wildman–Crippen MR) is 92.4 cm³/mol. The maximum atomic E-state index is 11.5. The maximum Gasteiger partial charge on any atom is 0.333 e. The third-order valence-corrected chi connectivity index (χ3v) is 3.39. The van der Waals surface area contributed by atoms with Crippen LogP contribution in [0, 0.1) is 0 Å². The third kappa shape index (κ3) is 4.26.